The van der Waals surface area contributed by atoms with Gasteiger partial charge in [0.1, 0.15) is 6.33 Å². The Labute approximate surface area is 208 Å². The third kappa shape index (κ3) is 4.35. The summed E-state index contributed by atoms with van der Waals surface area (Å²) in [4.78, 5) is 23.3. The van der Waals surface area contributed by atoms with Crippen LogP contribution in [0.15, 0.2) is 54.6 Å². The molecule has 0 aliphatic carbocycles. The van der Waals surface area contributed by atoms with E-state index in [1.54, 1.807) is 23.9 Å². The summed E-state index contributed by atoms with van der Waals surface area (Å²) in [6, 6.07) is 8.36. The first-order valence-corrected chi connectivity index (χ1v) is 12.6. The highest BCUT2D eigenvalue weighted by molar-refractivity contribution is 7.09. The maximum Gasteiger partial charge on any atom is 0.235 e. The highest BCUT2D eigenvalue weighted by Crippen LogP contribution is 2.44. The number of likely N-dealkylation sites (tertiary alicyclic amines) is 1. The fourth-order valence-electron chi connectivity index (χ4n) is 4.93. The van der Waals surface area contributed by atoms with Gasteiger partial charge in [0.05, 0.1) is 16.7 Å². The minimum atomic E-state index is 0.135. The number of rotatable bonds is 7. The van der Waals surface area contributed by atoms with Crippen LogP contribution in [0, 0.1) is 6.92 Å². The lowest BCUT2D eigenvalue weighted by Crippen LogP contribution is -2.34. The quantitative estimate of drug-likeness (QED) is 0.388. The maximum atomic E-state index is 5.56. The van der Waals surface area contributed by atoms with Crippen molar-refractivity contribution in [2.24, 2.45) is 0 Å². The Morgan fingerprint density at radius 2 is 2.06 bits per heavy atom. The van der Waals surface area contributed by atoms with Gasteiger partial charge in [0, 0.05) is 67.5 Å². The molecular formula is C25H27N7O2S. The second-order valence-electron chi connectivity index (χ2n) is 8.91. The summed E-state index contributed by atoms with van der Waals surface area (Å²) >= 11 is 1.73. The van der Waals surface area contributed by atoms with Crippen molar-refractivity contribution in [1.82, 2.24) is 29.4 Å². The Hall–Kier alpha value is -3.50. The monoisotopic (exact) mass is 489 g/mol. The molecule has 0 spiro atoms. The molecule has 0 radical (unpaired) electrons. The van der Waals surface area contributed by atoms with Crippen LogP contribution in [0.2, 0.25) is 0 Å². The number of benzene rings is 1. The summed E-state index contributed by atoms with van der Waals surface area (Å²) in [7, 11) is 2.12. The van der Waals surface area contributed by atoms with Crippen LogP contribution in [0.3, 0.4) is 0 Å². The summed E-state index contributed by atoms with van der Waals surface area (Å²) in [6.07, 6.45) is 8.31. The van der Waals surface area contributed by atoms with E-state index in [-0.39, 0.29) is 12.8 Å². The first-order valence-electron chi connectivity index (χ1n) is 11.7. The summed E-state index contributed by atoms with van der Waals surface area (Å²) in [5, 5.41) is 3.23. The summed E-state index contributed by atoms with van der Waals surface area (Å²) in [5.41, 5.74) is 3.09. The molecule has 1 aromatic carbocycles. The van der Waals surface area contributed by atoms with E-state index in [1.807, 2.05) is 36.0 Å². The molecule has 10 heteroatoms. The van der Waals surface area contributed by atoms with Crippen molar-refractivity contribution in [1.29, 1.82) is 0 Å². The van der Waals surface area contributed by atoms with Crippen LogP contribution >= 0.6 is 11.3 Å². The van der Waals surface area contributed by atoms with Gasteiger partial charge in [0.2, 0.25) is 12.7 Å². The highest BCUT2D eigenvalue weighted by atomic mass is 32.1. The molecule has 0 amide bonds. The van der Waals surface area contributed by atoms with Crippen molar-refractivity contribution in [3.63, 3.8) is 0 Å². The molecule has 180 valence electrons. The molecule has 2 aliphatic rings. The van der Waals surface area contributed by atoms with Gasteiger partial charge >= 0.3 is 0 Å². The molecule has 0 bridgehead atoms. The van der Waals surface area contributed by atoms with E-state index >= 15 is 0 Å². The van der Waals surface area contributed by atoms with Crippen LogP contribution in [0.4, 0.5) is 5.69 Å². The molecular weight excluding hydrogens is 462 g/mol. The second kappa shape index (κ2) is 9.27. The number of thiazole rings is 1. The van der Waals surface area contributed by atoms with Gasteiger partial charge in [-0.05, 0) is 38.1 Å². The molecule has 2 aliphatic heterocycles. The smallest absolute Gasteiger partial charge is 0.235 e. The first-order chi connectivity index (χ1) is 17.2. The van der Waals surface area contributed by atoms with Crippen molar-refractivity contribution in [3.05, 3.63) is 71.0 Å². The number of ether oxygens (including phenoxy) is 2. The normalized spacial score (nSPS) is 19.4. The Bertz CT molecular complexity index is 1300. The van der Waals surface area contributed by atoms with Crippen LogP contribution < -0.4 is 14.4 Å². The average Bonchev–Trinajstić information content (AvgIpc) is 3.68. The fourth-order valence-corrected chi connectivity index (χ4v) is 5.73. The molecule has 0 N–H and O–H groups in total. The molecule has 5 heterocycles. The van der Waals surface area contributed by atoms with E-state index in [4.69, 9.17) is 14.5 Å². The largest absolute Gasteiger partial charge is 0.454 e. The summed E-state index contributed by atoms with van der Waals surface area (Å²) in [5.74, 6) is 2.57. The number of aromatic nitrogens is 5. The number of aryl methyl sites for hydroxylation is 1. The number of fused-ring (bicyclic) bond motifs is 1. The van der Waals surface area contributed by atoms with Crippen LogP contribution in [0.25, 0.3) is 5.95 Å². The van der Waals surface area contributed by atoms with E-state index in [0.717, 1.165) is 54.6 Å². The lowest BCUT2D eigenvalue weighted by atomic mass is 9.97. The fraction of sp³-hybridized carbons (Fsp3) is 0.360. The minimum Gasteiger partial charge on any atom is -0.454 e. The van der Waals surface area contributed by atoms with Crippen molar-refractivity contribution in [2.75, 3.05) is 38.4 Å². The number of hydrogen-bond donors (Lipinski definition) is 0. The molecule has 1 fully saturated rings. The van der Waals surface area contributed by atoms with Crippen molar-refractivity contribution in [3.8, 4) is 17.4 Å². The zero-order valence-electron chi connectivity index (χ0n) is 19.7. The summed E-state index contributed by atoms with van der Waals surface area (Å²) in [6.45, 7) is 5.08. The van der Waals surface area contributed by atoms with E-state index in [2.05, 4.69) is 49.3 Å². The van der Waals surface area contributed by atoms with Crippen LogP contribution in [-0.2, 0) is 0 Å². The van der Waals surface area contributed by atoms with Gasteiger partial charge in [-0.25, -0.2) is 19.9 Å². The number of hydrogen-bond acceptors (Lipinski definition) is 9. The predicted octanol–water partition coefficient (Wildman–Crippen LogP) is 3.82. The highest BCUT2D eigenvalue weighted by Gasteiger charge is 2.39. The van der Waals surface area contributed by atoms with E-state index in [1.165, 1.54) is 5.01 Å². The molecule has 4 aromatic rings. The molecule has 6 rings (SSSR count). The molecule has 35 heavy (non-hydrogen) atoms. The third-order valence-corrected chi connectivity index (χ3v) is 7.60. The standard InChI is InChI=1S/C25H27N7O2S/c1-17-13-20(29-25(28-17)32-9-6-26-15-32)23-19(24-27-7-12-35-24)5-8-31(23)11-10-30(2)18-3-4-21-22(14-18)34-16-33-21/h3-4,6-7,9,12-15,19,23H,5,8,10-11,16H2,1-2H3. The predicted molar refractivity (Wildman–Crippen MR) is 134 cm³/mol. The van der Waals surface area contributed by atoms with Gasteiger partial charge in [-0.2, -0.15) is 0 Å². The second-order valence-corrected chi connectivity index (χ2v) is 9.84. The Balaban J connectivity index is 1.26. The van der Waals surface area contributed by atoms with Gasteiger partial charge in [-0.3, -0.25) is 9.47 Å². The SMILES string of the molecule is Cc1cc(C2C(c3nccs3)CCN2CCN(C)c2ccc3c(c2)OCO3)nc(-n2ccnc2)n1. The van der Waals surface area contributed by atoms with Crippen molar-refractivity contribution in [2.45, 2.75) is 25.3 Å². The van der Waals surface area contributed by atoms with Gasteiger partial charge in [0.25, 0.3) is 0 Å². The first kappa shape index (κ1) is 22.0. The number of likely N-dealkylation sites (N-methyl/N-ethyl adjacent to an activating group) is 1. The zero-order chi connectivity index (χ0) is 23.8. The van der Waals surface area contributed by atoms with Gasteiger partial charge in [-0.15, -0.1) is 11.3 Å². The third-order valence-electron chi connectivity index (χ3n) is 6.69. The number of nitrogens with zero attached hydrogens (tertiary/aromatic N) is 7. The van der Waals surface area contributed by atoms with Crippen LogP contribution in [0.1, 0.15) is 34.8 Å². The van der Waals surface area contributed by atoms with Crippen LogP contribution in [-0.4, -0.2) is 62.9 Å². The molecule has 1 saturated heterocycles. The van der Waals surface area contributed by atoms with Gasteiger partial charge in [0.15, 0.2) is 11.5 Å². The Morgan fingerprint density at radius 3 is 2.89 bits per heavy atom. The van der Waals surface area contributed by atoms with E-state index < -0.39 is 0 Å². The molecule has 2 atom stereocenters. The molecule has 2 unspecified atom stereocenters. The minimum absolute atomic E-state index is 0.135. The van der Waals surface area contributed by atoms with Crippen molar-refractivity contribution >= 4 is 17.0 Å². The lowest BCUT2D eigenvalue weighted by molar-refractivity contribution is 0.174. The Morgan fingerprint density at radius 1 is 1.14 bits per heavy atom. The molecule has 0 saturated carbocycles. The topological polar surface area (TPSA) is 81.4 Å². The van der Waals surface area contributed by atoms with E-state index in [9.17, 15) is 0 Å². The van der Waals surface area contributed by atoms with Crippen molar-refractivity contribution < 1.29 is 9.47 Å². The zero-order valence-corrected chi connectivity index (χ0v) is 20.6. The van der Waals surface area contributed by atoms with Crippen LogP contribution in [0.5, 0.6) is 11.5 Å². The van der Waals surface area contributed by atoms with Gasteiger partial charge in [-0.1, -0.05) is 0 Å². The number of imidazole rings is 1. The van der Waals surface area contributed by atoms with E-state index in [0.29, 0.717) is 11.9 Å². The average molecular weight is 490 g/mol. The number of anilines is 1. The Kier molecular flexibility index (Phi) is 5.83. The lowest BCUT2D eigenvalue weighted by Gasteiger charge is -2.30. The summed E-state index contributed by atoms with van der Waals surface area (Å²) < 4.78 is 12.9. The van der Waals surface area contributed by atoms with Gasteiger partial charge < -0.3 is 14.4 Å². The maximum absolute atomic E-state index is 5.56. The molecule has 3 aromatic heterocycles. The molecule has 9 nitrogen and oxygen atoms in total.